The number of nitrogens with one attached hydrogen (secondary N) is 1. The smallest absolute Gasteiger partial charge is 0.257 e. The molecule has 1 amide bonds. The number of carbonyl (C=O) groups is 1. The quantitative estimate of drug-likeness (QED) is 0.883. The Morgan fingerprint density at radius 2 is 2.10 bits per heavy atom. The van der Waals surface area contributed by atoms with Crippen LogP contribution in [0.5, 0.6) is 5.75 Å². The Morgan fingerprint density at radius 3 is 2.75 bits per heavy atom. The molecule has 1 aromatic carbocycles. The fourth-order valence-electron chi connectivity index (χ4n) is 2.95. The molecule has 4 heteroatoms. The number of rotatable bonds is 4. The Bertz CT molecular complexity index is 479. The van der Waals surface area contributed by atoms with Crippen LogP contribution in [0.15, 0.2) is 24.3 Å². The van der Waals surface area contributed by atoms with Crippen molar-refractivity contribution < 1.29 is 9.90 Å². The van der Waals surface area contributed by atoms with Gasteiger partial charge < -0.3 is 15.3 Å². The number of piperidine rings is 1. The Balaban J connectivity index is 1.73. The van der Waals surface area contributed by atoms with Crippen molar-refractivity contribution in [3.63, 3.8) is 0 Å². The minimum Gasteiger partial charge on any atom is -0.507 e. The molecule has 1 aliphatic heterocycles. The first kappa shape index (κ1) is 13.4. The molecule has 0 spiro atoms. The van der Waals surface area contributed by atoms with Crippen molar-refractivity contribution in [2.45, 2.75) is 31.7 Å². The molecule has 2 N–H and O–H groups in total. The van der Waals surface area contributed by atoms with Crippen LogP contribution in [0.25, 0.3) is 0 Å². The molecular formula is C16H22N2O2. The number of para-hydroxylation sites is 1. The predicted molar refractivity (Wildman–Crippen MR) is 77.8 cm³/mol. The average Bonchev–Trinajstić information content (AvgIpc) is 3.30. The molecule has 1 aliphatic carbocycles. The summed E-state index contributed by atoms with van der Waals surface area (Å²) in [4.78, 5) is 14.6. The van der Waals surface area contributed by atoms with Crippen LogP contribution in [0.4, 0.5) is 0 Å². The van der Waals surface area contributed by atoms with Crippen LogP contribution in [-0.2, 0) is 0 Å². The van der Waals surface area contributed by atoms with E-state index in [2.05, 4.69) is 5.32 Å². The zero-order chi connectivity index (χ0) is 13.9. The second-order valence-electron chi connectivity index (χ2n) is 5.92. The van der Waals surface area contributed by atoms with E-state index in [1.807, 2.05) is 4.90 Å². The van der Waals surface area contributed by atoms with Gasteiger partial charge in [-0.3, -0.25) is 4.79 Å². The lowest BCUT2D eigenvalue weighted by Crippen LogP contribution is -2.42. The third kappa shape index (κ3) is 2.96. The number of carbonyl (C=O) groups excluding carboxylic acids is 1. The number of hydrogen-bond acceptors (Lipinski definition) is 3. The van der Waals surface area contributed by atoms with Crippen LogP contribution in [-0.4, -0.2) is 41.6 Å². The third-order valence-corrected chi connectivity index (χ3v) is 4.24. The van der Waals surface area contributed by atoms with Crippen LogP contribution in [0, 0.1) is 5.92 Å². The number of nitrogens with zero attached hydrogens (tertiary/aromatic N) is 1. The average molecular weight is 274 g/mol. The van der Waals surface area contributed by atoms with Crippen molar-refractivity contribution in [1.29, 1.82) is 0 Å². The van der Waals surface area contributed by atoms with Gasteiger partial charge in [-0.15, -0.1) is 0 Å². The van der Waals surface area contributed by atoms with Crippen molar-refractivity contribution in [3.8, 4) is 5.75 Å². The molecule has 1 unspecified atom stereocenters. The second-order valence-corrected chi connectivity index (χ2v) is 5.92. The molecule has 4 nitrogen and oxygen atoms in total. The molecule has 1 saturated carbocycles. The van der Waals surface area contributed by atoms with Crippen LogP contribution in [0.1, 0.15) is 36.0 Å². The lowest BCUT2D eigenvalue weighted by Gasteiger charge is -2.30. The summed E-state index contributed by atoms with van der Waals surface area (Å²) in [6.07, 6.45) is 4.57. The largest absolute Gasteiger partial charge is 0.507 e. The van der Waals surface area contributed by atoms with Gasteiger partial charge in [-0.05, 0) is 56.8 Å². The van der Waals surface area contributed by atoms with Gasteiger partial charge in [0, 0.05) is 12.6 Å². The number of aromatic hydroxyl groups is 1. The van der Waals surface area contributed by atoms with E-state index in [4.69, 9.17) is 0 Å². The van der Waals surface area contributed by atoms with Gasteiger partial charge in [0.2, 0.25) is 0 Å². The minimum absolute atomic E-state index is 0.0174. The van der Waals surface area contributed by atoms with E-state index in [1.54, 1.807) is 24.3 Å². The van der Waals surface area contributed by atoms with Crippen LogP contribution < -0.4 is 5.32 Å². The molecule has 0 bridgehead atoms. The minimum atomic E-state index is -0.0174. The van der Waals surface area contributed by atoms with E-state index in [0.29, 0.717) is 17.5 Å². The first-order valence-corrected chi connectivity index (χ1v) is 7.55. The fourth-order valence-corrected chi connectivity index (χ4v) is 2.95. The molecule has 108 valence electrons. The topological polar surface area (TPSA) is 52.6 Å². The third-order valence-electron chi connectivity index (χ3n) is 4.24. The summed E-state index contributed by atoms with van der Waals surface area (Å²) in [5, 5.41) is 13.3. The van der Waals surface area contributed by atoms with Crippen LogP contribution in [0.3, 0.4) is 0 Å². The SMILES string of the molecule is O=C(c1ccccc1O)N(CC1CCCNC1)C1CC1. The van der Waals surface area contributed by atoms with E-state index in [-0.39, 0.29) is 11.7 Å². The van der Waals surface area contributed by atoms with Crippen LogP contribution in [0.2, 0.25) is 0 Å². The van der Waals surface area contributed by atoms with Gasteiger partial charge in [0.25, 0.3) is 5.91 Å². The molecule has 1 saturated heterocycles. The van der Waals surface area contributed by atoms with Gasteiger partial charge in [-0.1, -0.05) is 12.1 Å². The summed E-state index contributed by atoms with van der Waals surface area (Å²) in [5.74, 6) is 0.611. The summed E-state index contributed by atoms with van der Waals surface area (Å²) in [6.45, 7) is 2.90. The number of phenolic OH excluding ortho intramolecular Hbond substituents is 1. The van der Waals surface area contributed by atoms with Gasteiger partial charge in [0.05, 0.1) is 5.56 Å². The molecule has 0 aromatic heterocycles. The van der Waals surface area contributed by atoms with Gasteiger partial charge in [-0.2, -0.15) is 0 Å². The molecule has 3 rings (SSSR count). The molecule has 1 aromatic rings. The molecule has 1 heterocycles. The monoisotopic (exact) mass is 274 g/mol. The zero-order valence-electron chi connectivity index (χ0n) is 11.7. The van der Waals surface area contributed by atoms with E-state index in [1.165, 1.54) is 12.8 Å². The highest BCUT2D eigenvalue weighted by Crippen LogP contribution is 2.31. The summed E-state index contributed by atoms with van der Waals surface area (Å²) < 4.78 is 0. The summed E-state index contributed by atoms with van der Waals surface area (Å²) in [5.41, 5.74) is 0.433. The zero-order valence-corrected chi connectivity index (χ0v) is 11.7. The Kier molecular flexibility index (Phi) is 3.92. The summed E-state index contributed by atoms with van der Waals surface area (Å²) in [7, 11) is 0. The summed E-state index contributed by atoms with van der Waals surface area (Å²) >= 11 is 0. The highest BCUT2D eigenvalue weighted by atomic mass is 16.3. The summed E-state index contributed by atoms with van der Waals surface area (Å²) in [6, 6.07) is 7.23. The normalized spacial score (nSPS) is 22.5. The maximum absolute atomic E-state index is 12.7. The van der Waals surface area contributed by atoms with Gasteiger partial charge in [0.1, 0.15) is 5.75 Å². The standard InChI is InChI=1S/C16H22N2O2/c19-15-6-2-1-5-14(15)16(20)18(13-7-8-13)11-12-4-3-9-17-10-12/h1-2,5-6,12-13,17,19H,3-4,7-11H2. The molecule has 0 radical (unpaired) electrons. The molecule has 2 fully saturated rings. The van der Waals surface area contributed by atoms with Gasteiger partial charge in [-0.25, -0.2) is 0 Å². The molecule has 20 heavy (non-hydrogen) atoms. The van der Waals surface area contributed by atoms with Crippen molar-refractivity contribution in [3.05, 3.63) is 29.8 Å². The lowest BCUT2D eigenvalue weighted by molar-refractivity contribution is 0.0701. The van der Waals surface area contributed by atoms with E-state index in [0.717, 1.165) is 32.5 Å². The maximum atomic E-state index is 12.7. The van der Waals surface area contributed by atoms with E-state index in [9.17, 15) is 9.90 Å². The lowest BCUT2D eigenvalue weighted by atomic mass is 9.98. The fraction of sp³-hybridized carbons (Fsp3) is 0.562. The van der Waals surface area contributed by atoms with Gasteiger partial charge in [0.15, 0.2) is 0 Å². The van der Waals surface area contributed by atoms with Crippen molar-refractivity contribution in [2.75, 3.05) is 19.6 Å². The van der Waals surface area contributed by atoms with Crippen molar-refractivity contribution >= 4 is 5.91 Å². The van der Waals surface area contributed by atoms with Crippen molar-refractivity contribution in [1.82, 2.24) is 10.2 Å². The number of benzene rings is 1. The number of phenols is 1. The highest BCUT2D eigenvalue weighted by molar-refractivity contribution is 5.97. The number of hydrogen-bond donors (Lipinski definition) is 2. The van der Waals surface area contributed by atoms with Gasteiger partial charge >= 0.3 is 0 Å². The van der Waals surface area contributed by atoms with Crippen molar-refractivity contribution in [2.24, 2.45) is 5.92 Å². The predicted octanol–water partition coefficient (Wildman–Crippen LogP) is 2.00. The Hall–Kier alpha value is -1.55. The first-order chi connectivity index (χ1) is 9.75. The van der Waals surface area contributed by atoms with E-state index < -0.39 is 0 Å². The first-order valence-electron chi connectivity index (χ1n) is 7.55. The second kappa shape index (κ2) is 5.83. The van der Waals surface area contributed by atoms with E-state index >= 15 is 0 Å². The Labute approximate surface area is 119 Å². The van der Waals surface area contributed by atoms with Crippen LogP contribution >= 0.6 is 0 Å². The maximum Gasteiger partial charge on any atom is 0.257 e. The number of amides is 1. The molecule has 1 atom stereocenters. The molecular weight excluding hydrogens is 252 g/mol. The highest BCUT2D eigenvalue weighted by Gasteiger charge is 2.35. The molecule has 2 aliphatic rings. The Morgan fingerprint density at radius 1 is 1.30 bits per heavy atom.